The number of allylic oxidation sites excluding steroid dienone is 1. The van der Waals surface area contributed by atoms with E-state index in [4.69, 9.17) is 21.1 Å². The summed E-state index contributed by atoms with van der Waals surface area (Å²) in [6.45, 7) is 5.90. The maximum absolute atomic E-state index is 13.0. The van der Waals surface area contributed by atoms with Crippen LogP contribution in [0.25, 0.3) is 0 Å². The predicted octanol–water partition coefficient (Wildman–Crippen LogP) is 6.02. The zero-order chi connectivity index (χ0) is 25.6. The van der Waals surface area contributed by atoms with Gasteiger partial charge in [-0.3, -0.25) is 9.36 Å². The van der Waals surface area contributed by atoms with E-state index in [-0.39, 0.29) is 16.5 Å². The number of thioether (sulfide) groups is 1. The molecule has 3 aromatic rings. The summed E-state index contributed by atoms with van der Waals surface area (Å²) in [4.78, 5) is 12.4. The number of alkyl halides is 3. The molecule has 1 atom stereocenters. The summed E-state index contributed by atoms with van der Waals surface area (Å²) >= 11 is 7.02. The normalized spacial score (nSPS) is 12.2. The van der Waals surface area contributed by atoms with Crippen molar-refractivity contribution in [1.82, 2.24) is 14.8 Å². The van der Waals surface area contributed by atoms with Crippen LogP contribution in [-0.2, 0) is 17.5 Å². The van der Waals surface area contributed by atoms with E-state index < -0.39 is 23.8 Å². The minimum Gasteiger partial charge on any atom is -0.493 e. The quantitative estimate of drug-likeness (QED) is 0.257. The molecule has 1 aromatic heterocycles. The maximum Gasteiger partial charge on any atom is 0.416 e. The topological polar surface area (TPSA) is 78.3 Å². The molecule has 12 heteroatoms. The molecule has 186 valence electrons. The van der Waals surface area contributed by atoms with E-state index in [9.17, 15) is 18.0 Å². The van der Waals surface area contributed by atoms with E-state index in [1.165, 1.54) is 0 Å². The van der Waals surface area contributed by atoms with Gasteiger partial charge in [0.2, 0.25) is 5.91 Å². The molecule has 0 radical (unpaired) electrons. The Morgan fingerprint density at radius 3 is 2.63 bits per heavy atom. The lowest BCUT2D eigenvalue weighted by molar-refractivity contribution is -0.137. The first-order valence-corrected chi connectivity index (χ1v) is 11.6. The van der Waals surface area contributed by atoms with E-state index in [1.54, 1.807) is 36.8 Å². The molecular weight excluding hydrogens is 505 g/mol. The number of aromatic nitrogens is 3. The van der Waals surface area contributed by atoms with Crippen LogP contribution in [0.2, 0.25) is 5.02 Å². The third-order valence-electron chi connectivity index (χ3n) is 4.69. The molecule has 0 bridgehead atoms. The summed E-state index contributed by atoms with van der Waals surface area (Å²) in [6, 6.07) is 9.90. The van der Waals surface area contributed by atoms with Crippen molar-refractivity contribution < 1.29 is 27.4 Å². The predicted molar refractivity (Wildman–Crippen MR) is 128 cm³/mol. The van der Waals surface area contributed by atoms with E-state index in [0.29, 0.717) is 29.0 Å². The lowest BCUT2D eigenvalue weighted by Gasteiger charge is -2.17. The van der Waals surface area contributed by atoms with Gasteiger partial charge in [-0.2, -0.15) is 13.2 Å². The van der Waals surface area contributed by atoms with Gasteiger partial charge in [-0.1, -0.05) is 41.6 Å². The maximum atomic E-state index is 13.0. The van der Waals surface area contributed by atoms with Gasteiger partial charge < -0.3 is 14.8 Å². The van der Waals surface area contributed by atoms with E-state index in [0.717, 1.165) is 30.0 Å². The largest absolute Gasteiger partial charge is 0.493 e. The molecule has 1 unspecified atom stereocenters. The number of amides is 1. The van der Waals surface area contributed by atoms with Crippen LogP contribution in [0.3, 0.4) is 0 Å². The summed E-state index contributed by atoms with van der Waals surface area (Å²) < 4.78 is 52.0. The number of para-hydroxylation sites is 2. The Morgan fingerprint density at radius 1 is 1.26 bits per heavy atom. The summed E-state index contributed by atoms with van der Waals surface area (Å²) in [5.74, 6) is 0.906. The fourth-order valence-electron chi connectivity index (χ4n) is 3.08. The highest BCUT2D eigenvalue weighted by Gasteiger charge is 2.31. The van der Waals surface area contributed by atoms with Crippen LogP contribution in [0.4, 0.5) is 18.9 Å². The van der Waals surface area contributed by atoms with E-state index >= 15 is 0 Å². The number of nitrogens with one attached hydrogen (secondary N) is 1. The van der Waals surface area contributed by atoms with Gasteiger partial charge >= 0.3 is 6.18 Å². The fourth-order valence-corrected chi connectivity index (χ4v) is 4.00. The molecule has 1 heterocycles. The van der Waals surface area contributed by atoms with Crippen molar-refractivity contribution in [2.75, 3.05) is 18.2 Å². The Bertz CT molecular complexity index is 1200. The van der Waals surface area contributed by atoms with Crippen molar-refractivity contribution in [2.45, 2.75) is 30.9 Å². The number of hydrogen-bond donors (Lipinski definition) is 1. The van der Waals surface area contributed by atoms with Gasteiger partial charge in [0.05, 0.1) is 29.1 Å². The zero-order valence-corrected chi connectivity index (χ0v) is 20.4. The molecule has 0 spiro atoms. The van der Waals surface area contributed by atoms with Crippen LogP contribution >= 0.6 is 23.4 Å². The standard InChI is InChI=1S/C23H22ClF3N4O3S/c1-4-11-31-21(14(2)34-19-8-6-5-7-18(19)33-3)29-30-22(31)35-13-20(32)28-17-12-15(23(25,26)27)9-10-16(17)24/h4-10,12,14H,1,11,13H2,2-3H3,(H,28,32). The third kappa shape index (κ3) is 6.70. The first-order chi connectivity index (χ1) is 16.6. The van der Waals surface area contributed by atoms with Crippen LogP contribution in [0.5, 0.6) is 11.5 Å². The molecular formula is C23H22ClF3N4O3S. The van der Waals surface area contributed by atoms with Gasteiger partial charge in [-0.05, 0) is 37.3 Å². The number of ether oxygens (including phenoxy) is 2. The Balaban J connectivity index is 1.71. The summed E-state index contributed by atoms with van der Waals surface area (Å²) in [7, 11) is 1.54. The highest BCUT2D eigenvalue weighted by Crippen LogP contribution is 2.34. The van der Waals surface area contributed by atoms with Gasteiger partial charge in [-0.15, -0.1) is 16.8 Å². The first-order valence-electron chi connectivity index (χ1n) is 10.3. The minimum absolute atomic E-state index is 0.00391. The Kier molecular flexibility index (Phi) is 8.68. The average Bonchev–Trinajstić information content (AvgIpc) is 3.21. The van der Waals surface area contributed by atoms with Crippen LogP contribution in [0, 0.1) is 0 Å². The van der Waals surface area contributed by atoms with Gasteiger partial charge in [-0.25, -0.2) is 0 Å². The monoisotopic (exact) mass is 526 g/mol. The number of rotatable bonds is 10. The zero-order valence-electron chi connectivity index (χ0n) is 18.8. The molecule has 0 aliphatic rings. The lowest BCUT2D eigenvalue weighted by atomic mass is 10.2. The Morgan fingerprint density at radius 2 is 1.97 bits per heavy atom. The number of anilines is 1. The molecule has 35 heavy (non-hydrogen) atoms. The molecule has 1 amide bonds. The second-order valence-electron chi connectivity index (χ2n) is 7.18. The molecule has 3 rings (SSSR count). The van der Waals surface area contributed by atoms with Crippen LogP contribution in [0.1, 0.15) is 24.4 Å². The molecule has 0 aliphatic carbocycles. The van der Waals surface area contributed by atoms with Crippen molar-refractivity contribution in [3.63, 3.8) is 0 Å². The second kappa shape index (κ2) is 11.5. The third-order valence-corrected chi connectivity index (χ3v) is 5.99. The number of halogens is 4. The highest BCUT2D eigenvalue weighted by molar-refractivity contribution is 7.99. The number of methoxy groups -OCH3 is 1. The summed E-state index contributed by atoms with van der Waals surface area (Å²) in [6.07, 6.45) is -3.42. The molecule has 2 aromatic carbocycles. The van der Waals surface area contributed by atoms with Crippen molar-refractivity contribution in [2.24, 2.45) is 0 Å². The number of benzene rings is 2. The van der Waals surface area contributed by atoms with Crippen molar-refractivity contribution in [1.29, 1.82) is 0 Å². The average molecular weight is 527 g/mol. The summed E-state index contributed by atoms with van der Waals surface area (Å²) in [5.41, 5.74) is -1.04. The van der Waals surface area contributed by atoms with Crippen LogP contribution < -0.4 is 14.8 Å². The highest BCUT2D eigenvalue weighted by atomic mass is 35.5. The van der Waals surface area contributed by atoms with Crippen molar-refractivity contribution in [3.8, 4) is 11.5 Å². The molecule has 0 fully saturated rings. The number of carbonyl (C=O) groups excluding carboxylic acids is 1. The lowest BCUT2D eigenvalue weighted by Crippen LogP contribution is -2.16. The first kappa shape index (κ1) is 26.4. The summed E-state index contributed by atoms with van der Waals surface area (Å²) in [5, 5.41) is 11.2. The second-order valence-corrected chi connectivity index (χ2v) is 8.53. The van der Waals surface area contributed by atoms with E-state index in [1.807, 2.05) is 12.1 Å². The Hall–Kier alpha value is -3.18. The molecule has 0 aliphatic heterocycles. The minimum atomic E-state index is -4.56. The van der Waals surface area contributed by atoms with Gasteiger partial charge in [0.1, 0.15) is 0 Å². The fraction of sp³-hybridized carbons (Fsp3) is 0.261. The van der Waals surface area contributed by atoms with Gasteiger partial charge in [0.25, 0.3) is 0 Å². The molecule has 0 saturated heterocycles. The Labute approximate surface area is 209 Å². The van der Waals surface area contributed by atoms with Gasteiger partial charge in [0.15, 0.2) is 28.6 Å². The number of carbonyl (C=O) groups is 1. The van der Waals surface area contributed by atoms with Gasteiger partial charge in [0, 0.05) is 6.54 Å². The smallest absolute Gasteiger partial charge is 0.416 e. The van der Waals surface area contributed by atoms with E-state index in [2.05, 4.69) is 22.1 Å². The van der Waals surface area contributed by atoms with Crippen molar-refractivity contribution >= 4 is 35.0 Å². The number of hydrogen-bond acceptors (Lipinski definition) is 6. The molecule has 0 saturated carbocycles. The SMILES string of the molecule is C=CCn1c(SCC(=O)Nc2cc(C(F)(F)F)ccc2Cl)nnc1C(C)Oc1ccccc1OC. The van der Waals surface area contributed by atoms with Crippen LogP contribution in [0.15, 0.2) is 60.3 Å². The molecule has 7 nitrogen and oxygen atoms in total. The molecule has 1 N–H and O–H groups in total. The van der Waals surface area contributed by atoms with Crippen molar-refractivity contribution in [3.05, 3.63) is 71.5 Å². The number of nitrogens with zero attached hydrogens (tertiary/aromatic N) is 3. The van der Waals surface area contributed by atoms with Crippen LogP contribution in [-0.4, -0.2) is 33.5 Å².